The maximum absolute atomic E-state index is 14.4. The third kappa shape index (κ3) is 5.47. The summed E-state index contributed by atoms with van der Waals surface area (Å²) < 4.78 is 33.8. The molecule has 1 saturated heterocycles. The van der Waals surface area contributed by atoms with Crippen molar-refractivity contribution in [1.82, 2.24) is 25.5 Å². The van der Waals surface area contributed by atoms with Crippen LogP contribution in [0.15, 0.2) is 54.6 Å². The smallest absolute Gasteiger partial charge is 0.410 e. The maximum atomic E-state index is 14.4. The number of rotatable bonds is 10. The number of cyclic esters (lactones) is 1. The van der Waals surface area contributed by atoms with Crippen molar-refractivity contribution in [2.75, 3.05) is 13.2 Å². The largest absolute Gasteiger partial charge is 0.447 e. The highest BCUT2D eigenvalue weighted by atomic mass is 19.3. The summed E-state index contributed by atoms with van der Waals surface area (Å²) in [6, 6.07) is 6.63. The molecule has 1 aliphatic heterocycles. The second-order valence-corrected chi connectivity index (χ2v) is 6.80. The SMILES string of the molecule is O=C1OCC(/C=C/C(O)C(F)(F)c2ccccc2)N1CCC/C=C\Cc1nn[nH]n1. The van der Waals surface area contributed by atoms with Crippen LogP contribution in [0.4, 0.5) is 13.6 Å². The summed E-state index contributed by atoms with van der Waals surface area (Å²) in [7, 11) is 0. The molecule has 2 unspecified atom stereocenters. The van der Waals surface area contributed by atoms with Gasteiger partial charge in [-0.1, -0.05) is 59.8 Å². The standard InChI is InChI=1S/C20H23F2N5O3/c21-20(22,15-8-4-3-5-9-15)17(28)12-11-16-14-30-19(29)27(16)13-7-2-1-6-10-18-23-25-26-24-18/h1,3-6,8-9,11-12,16-17,28H,2,7,10,13-14H2,(H,23,24,25,26)/b6-1-,12-11+. The van der Waals surface area contributed by atoms with Crippen molar-refractivity contribution in [3.63, 3.8) is 0 Å². The number of halogens is 2. The van der Waals surface area contributed by atoms with Gasteiger partial charge in [0.25, 0.3) is 0 Å². The van der Waals surface area contributed by atoms with Crippen LogP contribution in [0, 0.1) is 0 Å². The Morgan fingerprint density at radius 3 is 2.87 bits per heavy atom. The topological polar surface area (TPSA) is 104 Å². The highest BCUT2D eigenvalue weighted by Gasteiger charge is 2.39. The van der Waals surface area contributed by atoms with E-state index >= 15 is 0 Å². The van der Waals surface area contributed by atoms with Gasteiger partial charge in [0.2, 0.25) is 0 Å². The van der Waals surface area contributed by atoms with E-state index in [-0.39, 0.29) is 12.2 Å². The van der Waals surface area contributed by atoms with Crippen LogP contribution in [0.1, 0.15) is 24.2 Å². The van der Waals surface area contributed by atoms with Crippen LogP contribution in [-0.2, 0) is 17.1 Å². The highest BCUT2D eigenvalue weighted by molar-refractivity contribution is 5.70. The molecule has 1 amide bonds. The molecule has 0 bridgehead atoms. The number of hydrogen-bond acceptors (Lipinski definition) is 6. The van der Waals surface area contributed by atoms with Gasteiger partial charge >= 0.3 is 12.0 Å². The van der Waals surface area contributed by atoms with Crippen LogP contribution in [0.5, 0.6) is 0 Å². The number of hydrogen-bond donors (Lipinski definition) is 2. The number of ether oxygens (including phenoxy) is 1. The number of unbranched alkanes of at least 4 members (excludes halogenated alkanes) is 1. The number of benzene rings is 1. The van der Waals surface area contributed by atoms with Gasteiger partial charge in [-0.3, -0.25) is 4.90 Å². The number of allylic oxidation sites excluding steroid dienone is 2. The van der Waals surface area contributed by atoms with E-state index in [0.29, 0.717) is 31.6 Å². The lowest BCUT2D eigenvalue weighted by molar-refractivity contribution is -0.0929. The van der Waals surface area contributed by atoms with E-state index in [4.69, 9.17) is 4.74 Å². The van der Waals surface area contributed by atoms with Crippen LogP contribution >= 0.6 is 0 Å². The van der Waals surface area contributed by atoms with Crippen LogP contribution in [0.25, 0.3) is 0 Å². The summed E-state index contributed by atoms with van der Waals surface area (Å²) in [5, 5.41) is 23.5. The summed E-state index contributed by atoms with van der Waals surface area (Å²) in [6.07, 6.45) is 5.73. The molecule has 160 valence electrons. The fraction of sp³-hybridized carbons (Fsp3) is 0.400. The van der Waals surface area contributed by atoms with Crippen LogP contribution in [0.3, 0.4) is 0 Å². The molecule has 30 heavy (non-hydrogen) atoms. The van der Waals surface area contributed by atoms with Gasteiger partial charge < -0.3 is 9.84 Å². The van der Waals surface area contributed by atoms with Crippen molar-refractivity contribution in [2.45, 2.75) is 37.3 Å². The average Bonchev–Trinajstić information content (AvgIpc) is 3.39. The van der Waals surface area contributed by atoms with E-state index in [0.717, 1.165) is 6.08 Å². The molecule has 1 aromatic carbocycles. The van der Waals surface area contributed by atoms with Crippen molar-refractivity contribution in [3.8, 4) is 0 Å². The minimum Gasteiger partial charge on any atom is -0.447 e. The van der Waals surface area contributed by atoms with Gasteiger partial charge in [0.1, 0.15) is 12.7 Å². The molecule has 2 atom stereocenters. The Morgan fingerprint density at radius 2 is 2.13 bits per heavy atom. The molecule has 2 heterocycles. The monoisotopic (exact) mass is 419 g/mol. The molecule has 1 aliphatic rings. The van der Waals surface area contributed by atoms with Gasteiger partial charge in [0.15, 0.2) is 5.82 Å². The predicted octanol–water partition coefficient (Wildman–Crippen LogP) is 2.61. The lowest BCUT2D eigenvalue weighted by atomic mass is 10.0. The Balaban J connectivity index is 1.49. The van der Waals surface area contributed by atoms with Gasteiger partial charge in [0.05, 0.1) is 6.04 Å². The quantitative estimate of drug-likeness (QED) is 0.453. The molecular formula is C20H23F2N5O3. The zero-order chi connectivity index (χ0) is 21.4. The number of carbonyl (C=O) groups is 1. The Kier molecular flexibility index (Phi) is 7.23. The Hall–Kier alpha value is -3.14. The minimum atomic E-state index is -3.43. The number of tetrazole rings is 1. The second kappa shape index (κ2) is 10.1. The summed E-state index contributed by atoms with van der Waals surface area (Å²) >= 11 is 0. The number of amides is 1. The number of carbonyl (C=O) groups excluding carboxylic acids is 1. The van der Waals surface area contributed by atoms with E-state index in [2.05, 4.69) is 20.6 Å². The van der Waals surface area contributed by atoms with E-state index in [1.165, 1.54) is 35.2 Å². The van der Waals surface area contributed by atoms with Gasteiger partial charge in [-0.15, -0.1) is 10.2 Å². The van der Waals surface area contributed by atoms with Gasteiger partial charge in [-0.25, -0.2) is 4.79 Å². The predicted molar refractivity (Wildman–Crippen MR) is 104 cm³/mol. The molecule has 2 N–H and O–H groups in total. The van der Waals surface area contributed by atoms with E-state index in [1.54, 1.807) is 6.07 Å². The van der Waals surface area contributed by atoms with Crippen molar-refractivity contribution < 1.29 is 23.4 Å². The third-order valence-corrected chi connectivity index (χ3v) is 4.68. The molecule has 0 radical (unpaired) electrons. The third-order valence-electron chi connectivity index (χ3n) is 4.68. The summed E-state index contributed by atoms with van der Waals surface area (Å²) in [5.74, 6) is -2.85. The van der Waals surface area contributed by atoms with Crippen molar-refractivity contribution in [1.29, 1.82) is 0 Å². The highest BCUT2D eigenvalue weighted by Crippen LogP contribution is 2.32. The first-order chi connectivity index (χ1) is 14.5. The number of aromatic amines is 1. The number of nitrogens with one attached hydrogen (secondary N) is 1. The first-order valence-corrected chi connectivity index (χ1v) is 9.59. The summed E-state index contributed by atoms with van der Waals surface area (Å²) in [6.45, 7) is 0.470. The lowest BCUT2D eigenvalue weighted by Gasteiger charge is -2.22. The first kappa shape index (κ1) is 21.6. The maximum Gasteiger partial charge on any atom is 0.410 e. The summed E-state index contributed by atoms with van der Waals surface area (Å²) in [5.41, 5.74) is -0.273. The zero-order valence-electron chi connectivity index (χ0n) is 16.2. The number of H-pyrrole nitrogens is 1. The molecular weight excluding hydrogens is 396 g/mol. The van der Waals surface area contributed by atoms with Gasteiger partial charge in [-0.05, 0) is 12.8 Å². The number of alkyl halides is 2. The summed E-state index contributed by atoms with van der Waals surface area (Å²) in [4.78, 5) is 13.4. The van der Waals surface area contributed by atoms with Crippen molar-refractivity contribution in [3.05, 3.63) is 66.0 Å². The minimum absolute atomic E-state index is 0.0621. The van der Waals surface area contributed by atoms with Crippen LogP contribution in [0.2, 0.25) is 0 Å². The van der Waals surface area contributed by atoms with Crippen molar-refractivity contribution in [2.24, 2.45) is 0 Å². The first-order valence-electron chi connectivity index (χ1n) is 9.59. The Morgan fingerprint density at radius 1 is 1.33 bits per heavy atom. The van der Waals surface area contributed by atoms with E-state index < -0.39 is 24.2 Å². The number of aliphatic hydroxyl groups is 1. The lowest BCUT2D eigenvalue weighted by Crippen LogP contribution is -2.34. The van der Waals surface area contributed by atoms with Crippen molar-refractivity contribution >= 4 is 6.09 Å². The molecule has 3 rings (SSSR count). The number of nitrogens with zero attached hydrogens (tertiary/aromatic N) is 4. The fourth-order valence-corrected chi connectivity index (χ4v) is 3.02. The average molecular weight is 419 g/mol. The molecule has 1 aromatic heterocycles. The second-order valence-electron chi connectivity index (χ2n) is 6.80. The molecule has 10 heteroatoms. The number of aromatic nitrogens is 4. The van der Waals surface area contributed by atoms with E-state index in [1.807, 2.05) is 12.2 Å². The molecule has 0 spiro atoms. The van der Waals surface area contributed by atoms with Crippen LogP contribution in [-0.4, -0.2) is 62.0 Å². The fourth-order valence-electron chi connectivity index (χ4n) is 3.02. The molecule has 8 nitrogen and oxygen atoms in total. The molecule has 2 aromatic rings. The Bertz CT molecular complexity index is 859. The van der Waals surface area contributed by atoms with Crippen LogP contribution < -0.4 is 0 Å². The van der Waals surface area contributed by atoms with Gasteiger partial charge in [0, 0.05) is 18.5 Å². The zero-order valence-corrected chi connectivity index (χ0v) is 16.2. The molecule has 0 saturated carbocycles. The molecule has 1 fully saturated rings. The Labute approximate surface area is 172 Å². The van der Waals surface area contributed by atoms with Gasteiger partial charge in [-0.2, -0.15) is 14.0 Å². The number of aliphatic hydroxyl groups excluding tert-OH is 1. The van der Waals surface area contributed by atoms with E-state index in [9.17, 15) is 18.7 Å². The molecule has 0 aliphatic carbocycles. The normalized spacial score (nSPS) is 18.4.